The van der Waals surface area contributed by atoms with E-state index >= 15 is 0 Å². The summed E-state index contributed by atoms with van der Waals surface area (Å²) < 4.78 is 12.1. The van der Waals surface area contributed by atoms with Crippen molar-refractivity contribution < 1.29 is 9.47 Å². The molecule has 1 aliphatic rings. The van der Waals surface area contributed by atoms with E-state index in [0.717, 1.165) is 34.7 Å². The van der Waals surface area contributed by atoms with Crippen molar-refractivity contribution in [1.29, 1.82) is 0 Å². The van der Waals surface area contributed by atoms with Crippen molar-refractivity contribution in [2.75, 3.05) is 26.3 Å². The van der Waals surface area contributed by atoms with E-state index in [9.17, 15) is 0 Å². The largest absolute Gasteiger partial charge is 0.486 e. The Morgan fingerprint density at radius 1 is 1.21 bits per heavy atom. The van der Waals surface area contributed by atoms with Crippen LogP contribution in [-0.2, 0) is 5.75 Å². The van der Waals surface area contributed by atoms with Gasteiger partial charge in [-0.2, -0.15) is 0 Å². The zero-order valence-corrected chi connectivity index (χ0v) is 13.0. The molecule has 0 radical (unpaired) electrons. The fourth-order valence-electron chi connectivity index (χ4n) is 1.90. The van der Waals surface area contributed by atoms with E-state index < -0.39 is 0 Å². The second-order valence-electron chi connectivity index (χ2n) is 4.20. The first-order chi connectivity index (χ1) is 9.24. The average Bonchev–Trinajstić information content (AvgIpc) is 2.46. The summed E-state index contributed by atoms with van der Waals surface area (Å²) in [6.07, 6.45) is 0. The van der Waals surface area contributed by atoms with Crippen LogP contribution < -0.4 is 9.47 Å². The normalized spacial score (nSPS) is 13.2. The molecule has 0 bridgehead atoms. The van der Waals surface area contributed by atoms with Crippen LogP contribution in [0, 0.1) is 0 Å². The van der Waals surface area contributed by atoms with Crippen molar-refractivity contribution in [2.45, 2.75) is 19.6 Å². The molecule has 5 heteroatoms. The zero-order valence-electron chi connectivity index (χ0n) is 11.3. The Kier molecular flexibility index (Phi) is 5.34. The molecule has 0 saturated carbocycles. The Hall–Kier alpha value is -0.940. The molecule has 0 N–H and O–H groups in total. The van der Waals surface area contributed by atoms with Gasteiger partial charge in [0.25, 0.3) is 0 Å². The Balaban J connectivity index is 1.94. The molecular formula is C14H19NO2S2. The number of ether oxygens (including phenoxy) is 2. The third-order valence-corrected chi connectivity index (χ3v) is 4.59. The maximum Gasteiger partial charge on any atom is 0.161 e. The Bertz CT molecular complexity index is 447. The van der Waals surface area contributed by atoms with Crippen LogP contribution in [0.1, 0.15) is 19.4 Å². The predicted molar refractivity (Wildman–Crippen MR) is 84.2 cm³/mol. The number of hydrogen-bond donors (Lipinski definition) is 0. The lowest BCUT2D eigenvalue weighted by atomic mass is 10.2. The highest BCUT2D eigenvalue weighted by Gasteiger charge is 2.12. The minimum atomic E-state index is 0.626. The van der Waals surface area contributed by atoms with Crippen LogP contribution >= 0.6 is 24.0 Å². The van der Waals surface area contributed by atoms with Crippen molar-refractivity contribution in [3.05, 3.63) is 23.8 Å². The van der Waals surface area contributed by atoms with Crippen molar-refractivity contribution in [1.82, 2.24) is 4.90 Å². The summed E-state index contributed by atoms with van der Waals surface area (Å²) in [4.78, 5) is 2.19. The number of thioether (sulfide) groups is 1. The van der Waals surface area contributed by atoms with E-state index in [4.69, 9.17) is 21.7 Å². The summed E-state index contributed by atoms with van der Waals surface area (Å²) in [7, 11) is 0. The molecule has 1 aliphatic heterocycles. The van der Waals surface area contributed by atoms with Crippen LogP contribution in [0.25, 0.3) is 0 Å². The minimum Gasteiger partial charge on any atom is -0.486 e. The third-order valence-electron chi connectivity index (χ3n) is 2.99. The molecule has 1 aromatic rings. The number of hydrogen-bond acceptors (Lipinski definition) is 4. The van der Waals surface area contributed by atoms with E-state index in [1.54, 1.807) is 11.8 Å². The molecule has 0 saturated heterocycles. The summed E-state index contributed by atoms with van der Waals surface area (Å²) in [6, 6.07) is 6.10. The third kappa shape index (κ3) is 3.76. The van der Waals surface area contributed by atoms with Crippen LogP contribution in [0.5, 0.6) is 11.5 Å². The van der Waals surface area contributed by atoms with Crippen LogP contribution in [0.2, 0.25) is 0 Å². The van der Waals surface area contributed by atoms with Gasteiger partial charge in [0, 0.05) is 18.8 Å². The van der Waals surface area contributed by atoms with Crippen LogP contribution in [0.4, 0.5) is 0 Å². The van der Waals surface area contributed by atoms with Gasteiger partial charge in [-0.25, -0.2) is 0 Å². The molecule has 0 aromatic heterocycles. The maximum absolute atomic E-state index is 5.58. The van der Waals surface area contributed by atoms with Gasteiger partial charge in [-0.05, 0) is 31.5 Å². The molecule has 3 nitrogen and oxygen atoms in total. The van der Waals surface area contributed by atoms with E-state index in [1.807, 2.05) is 12.1 Å². The first kappa shape index (κ1) is 14.5. The van der Waals surface area contributed by atoms with Crippen molar-refractivity contribution in [3.63, 3.8) is 0 Å². The molecule has 0 amide bonds. The molecule has 2 rings (SSSR count). The lowest BCUT2D eigenvalue weighted by molar-refractivity contribution is 0.171. The summed E-state index contributed by atoms with van der Waals surface area (Å²) in [5, 5.41) is 0. The summed E-state index contributed by atoms with van der Waals surface area (Å²) in [6.45, 7) is 7.43. The number of thiocarbonyl (C=S) groups is 1. The molecule has 0 atom stereocenters. The monoisotopic (exact) mass is 297 g/mol. The average molecular weight is 297 g/mol. The Morgan fingerprint density at radius 3 is 2.58 bits per heavy atom. The quantitative estimate of drug-likeness (QED) is 0.793. The van der Waals surface area contributed by atoms with Gasteiger partial charge in [0.2, 0.25) is 0 Å². The highest BCUT2D eigenvalue weighted by Crippen LogP contribution is 2.32. The second-order valence-corrected chi connectivity index (χ2v) is 5.81. The topological polar surface area (TPSA) is 21.7 Å². The number of nitrogens with zero attached hydrogens (tertiary/aromatic N) is 1. The first-order valence-electron chi connectivity index (χ1n) is 6.54. The Labute approximate surface area is 124 Å². The molecule has 0 spiro atoms. The zero-order chi connectivity index (χ0) is 13.7. The highest BCUT2D eigenvalue weighted by molar-refractivity contribution is 8.22. The smallest absolute Gasteiger partial charge is 0.161 e. The van der Waals surface area contributed by atoms with Crippen LogP contribution in [0.3, 0.4) is 0 Å². The van der Waals surface area contributed by atoms with Crippen LogP contribution in [-0.4, -0.2) is 35.5 Å². The van der Waals surface area contributed by atoms with Gasteiger partial charge in [-0.1, -0.05) is 30.0 Å². The standard InChI is InChI=1S/C14H19NO2S2/c1-3-15(4-2)14(18)19-10-11-5-6-12-13(9-11)17-8-7-16-12/h5-6,9H,3-4,7-8,10H2,1-2H3. The molecule has 0 aliphatic carbocycles. The van der Waals surface area contributed by atoms with E-state index in [-0.39, 0.29) is 0 Å². The molecule has 1 heterocycles. The lowest BCUT2D eigenvalue weighted by Gasteiger charge is -2.21. The SMILES string of the molecule is CCN(CC)C(=S)SCc1ccc2c(c1)OCCO2. The number of benzene rings is 1. The van der Waals surface area contributed by atoms with Gasteiger partial charge in [-0.3, -0.25) is 0 Å². The van der Waals surface area contributed by atoms with Crippen LogP contribution in [0.15, 0.2) is 18.2 Å². The summed E-state index contributed by atoms with van der Waals surface area (Å²) >= 11 is 7.13. The van der Waals surface area contributed by atoms with E-state index in [1.165, 1.54) is 5.56 Å². The molecular weight excluding hydrogens is 278 g/mol. The molecule has 104 valence electrons. The van der Waals surface area contributed by atoms with Gasteiger partial charge in [0.15, 0.2) is 11.5 Å². The van der Waals surface area contributed by atoms with E-state index in [2.05, 4.69) is 24.8 Å². The van der Waals surface area contributed by atoms with Gasteiger partial charge >= 0.3 is 0 Å². The van der Waals surface area contributed by atoms with Gasteiger partial charge in [0.05, 0.1) is 0 Å². The van der Waals surface area contributed by atoms with Crippen molar-refractivity contribution in [2.24, 2.45) is 0 Å². The highest BCUT2D eigenvalue weighted by atomic mass is 32.2. The van der Waals surface area contributed by atoms with Gasteiger partial charge in [0.1, 0.15) is 17.5 Å². The minimum absolute atomic E-state index is 0.626. The summed E-state index contributed by atoms with van der Waals surface area (Å²) in [5.74, 6) is 2.55. The molecule has 0 unspecified atom stereocenters. The van der Waals surface area contributed by atoms with Crippen molar-refractivity contribution >= 4 is 28.3 Å². The molecule has 0 fully saturated rings. The molecule has 19 heavy (non-hydrogen) atoms. The second kappa shape index (κ2) is 7.01. The van der Waals surface area contributed by atoms with Gasteiger partial charge in [-0.15, -0.1) is 0 Å². The Morgan fingerprint density at radius 2 is 1.89 bits per heavy atom. The fraction of sp³-hybridized carbons (Fsp3) is 0.500. The molecule has 1 aromatic carbocycles. The first-order valence-corrected chi connectivity index (χ1v) is 7.94. The number of fused-ring (bicyclic) bond motifs is 1. The maximum atomic E-state index is 5.58. The number of rotatable bonds is 4. The van der Waals surface area contributed by atoms with E-state index in [0.29, 0.717) is 13.2 Å². The lowest BCUT2D eigenvalue weighted by Crippen LogP contribution is -2.26. The van der Waals surface area contributed by atoms with Gasteiger partial charge < -0.3 is 14.4 Å². The summed E-state index contributed by atoms with van der Waals surface area (Å²) in [5.41, 5.74) is 1.21. The fourth-order valence-corrected chi connectivity index (χ4v) is 3.24. The van der Waals surface area contributed by atoms with Crippen molar-refractivity contribution in [3.8, 4) is 11.5 Å². The predicted octanol–water partition coefficient (Wildman–Crippen LogP) is 3.32.